The molecule has 0 atom stereocenters. The summed E-state index contributed by atoms with van der Waals surface area (Å²) in [7, 11) is 0. The predicted molar refractivity (Wildman–Crippen MR) is 73.5 cm³/mol. The topological polar surface area (TPSA) is 40.7 Å². The Kier molecular flexibility index (Phi) is 2.57. The van der Waals surface area contributed by atoms with Crippen molar-refractivity contribution >= 4 is 38.3 Å². The van der Waals surface area contributed by atoms with Crippen molar-refractivity contribution < 1.29 is 0 Å². The van der Waals surface area contributed by atoms with E-state index in [-0.39, 0.29) is 0 Å². The molecule has 0 radical (unpaired) electrons. The molecule has 0 saturated heterocycles. The average Bonchev–Trinajstić information content (AvgIpc) is 2.73. The third-order valence-corrected chi connectivity index (χ3v) is 3.05. The van der Waals surface area contributed by atoms with Gasteiger partial charge in [-0.3, -0.25) is 5.10 Å². The molecular formula is C13H10BrN3. The Morgan fingerprint density at radius 2 is 1.88 bits per heavy atom. The van der Waals surface area contributed by atoms with Gasteiger partial charge in [-0.25, -0.2) is 0 Å². The zero-order valence-electron chi connectivity index (χ0n) is 8.94. The number of halogens is 1. The predicted octanol–water partition coefficient (Wildman–Crippen LogP) is 4.07. The second kappa shape index (κ2) is 4.22. The van der Waals surface area contributed by atoms with Gasteiger partial charge in [-0.1, -0.05) is 34.1 Å². The van der Waals surface area contributed by atoms with Crippen molar-refractivity contribution in [2.24, 2.45) is 0 Å². The second-order valence-corrected chi connectivity index (χ2v) is 4.67. The van der Waals surface area contributed by atoms with Crippen LogP contribution in [-0.2, 0) is 0 Å². The first-order valence-corrected chi connectivity index (χ1v) is 6.08. The van der Waals surface area contributed by atoms with Crippen molar-refractivity contribution in [2.75, 3.05) is 5.32 Å². The number of aromatic amines is 1. The largest absolute Gasteiger partial charge is 0.338 e. The first kappa shape index (κ1) is 10.4. The van der Waals surface area contributed by atoms with Crippen LogP contribution in [0.5, 0.6) is 0 Å². The molecule has 0 aliphatic heterocycles. The summed E-state index contributed by atoms with van der Waals surface area (Å²) in [6.07, 6.45) is 0. The van der Waals surface area contributed by atoms with Crippen LogP contribution in [0.4, 0.5) is 11.5 Å². The maximum atomic E-state index is 4.27. The number of benzene rings is 2. The Hall–Kier alpha value is -1.81. The van der Waals surface area contributed by atoms with Gasteiger partial charge in [0.05, 0.1) is 5.52 Å². The molecule has 1 heterocycles. The van der Waals surface area contributed by atoms with Crippen molar-refractivity contribution in [1.82, 2.24) is 10.2 Å². The van der Waals surface area contributed by atoms with E-state index in [0.29, 0.717) is 0 Å². The number of hydrogen-bond donors (Lipinski definition) is 2. The van der Waals surface area contributed by atoms with E-state index in [4.69, 9.17) is 0 Å². The van der Waals surface area contributed by atoms with Gasteiger partial charge in [-0.05, 0) is 30.3 Å². The summed E-state index contributed by atoms with van der Waals surface area (Å²) in [6.45, 7) is 0. The van der Waals surface area contributed by atoms with Gasteiger partial charge in [0.15, 0.2) is 5.82 Å². The molecule has 0 unspecified atom stereocenters. The Morgan fingerprint density at radius 1 is 1.06 bits per heavy atom. The molecule has 2 aromatic carbocycles. The van der Waals surface area contributed by atoms with Gasteiger partial charge in [0.25, 0.3) is 0 Å². The molecule has 0 spiro atoms. The number of rotatable bonds is 2. The van der Waals surface area contributed by atoms with Crippen molar-refractivity contribution in [3.63, 3.8) is 0 Å². The van der Waals surface area contributed by atoms with Crippen LogP contribution in [0.1, 0.15) is 0 Å². The van der Waals surface area contributed by atoms with Crippen LogP contribution in [0.2, 0.25) is 0 Å². The monoisotopic (exact) mass is 287 g/mol. The Bertz CT molecular complexity index is 646. The minimum absolute atomic E-state index is 0.840. The minimum Gasteiger partial charge on any atom is -0.338 e. The lowest BCUT2D eigenvalue weighted by molar-refractivity contribution is 1.12. The molecule has 3 aromatic rings. The number of para-hydroxylation sites is 1. The van der Waals surface area contributed by atoms with Gasteiger partial charge < -0.3 is 5.32 Å². The molecule has 17 heavy (non-hydrogen) atoms. The number of nitrogens with zero attached hydrogens (tertiary/aromatic N) is 1. The number of aromatic nitrogens is 2. The summed E-state index contributed by atoms with van der Waals surface area (Å²) in [5.74, 6) is 0.840. The van der Waals surface area contributed by atoms with Gasteiger partial charge in [-0.2, -0.15) is 5.10 Å². The molecule has 0 bridgehead atoms. The van der Waals surface area contributed by atoms with Crippen molar-refractivity contribution in [3.05, 3.63) is 53.0 Å². The van der Waals surface area contributed by atoms with Gasteiger partial charge in [0.2, 0.25) is 0 Å². The van der Waals surface area contributed by atoms with E-state index >= 15 is 0 Å². The lowest BCUT2D eigenvalue weighted by Gasteiger charge is -2.02. The van der Waals surface area contributed by atoms with Crippen LogP contribution in [-0.4, -0.2) is 10.2 Å². The lowest BCUT2D eigenvalue weighted by Crippen LogP contribution is -1.90. The second-order valence-electron chi connectivity index (χ2n) is 3.75. The first-order chi connectivity index (χ1) is 8.33. The normalized spacial score (nSPS) is 10.6. The molecule has 84 valence electrons. The van der Waals surface area contributed by atoms with E-state index in [1.807, 2.05) is 48.5 Å². The van der Waals surface area contributed by atoms with Gasteiger partial charge in [0, 0.05) is 15.5 Å². The van der Waals surface area contributed by atoms with Crippen molar-refractivity contribution in [3.8, 4) is 0 Å². The highest BCUT2D eigenvalue weighted by Crippen LogP contribution is 2.26. The van der Waals surface area contributed by atoms with Crippen LogP contribution in [0, 0.1) is 0 Å². The van der Waals surface area contributed by atoms with Crippen molar-refractivity contribution in [1.29, 1.82) is 0 Å². The zero-order valence-corrected chi connectivity index (χ0v) is 10.5. The van der Waals surface area contributed by atoms with E-state index in [1.165, 1.54) is 0 Å². The highest BCUT2D eigenvalue weighted by atomic mass is 79.9. The fraction of sp³-hybridized carbons (Fsp3) is 0. The molecule has 2 N–H and O–H groups in total. The molecule has 0 aliphatic carbocycles. The zero-order chi connectivity index (χ0) is 11.7. The molecular weight excluding hydrogens is 278 g/mol. The molecule has 4 heteroatoms. The summed E-state index contributed by atoms with van der Waals surface area (Å²) in [5.41, 5.74) is 2.05. The summed E-state index contributed by atoms with van der Waals surface area (Å²) in [6, 6.07) is 16.0. The number of fused-ring (bicyclic) bond motifs is 1. The van der Waals surface area contributed by atoms with E-state index < -0.39 is 0 Å². The molecule has 0 amide bonds. The number of hydrogen-bond acceptors (Lipinski definition) is 2. The summed E-state index contributed by atoms with van der Waals surface area (Å²) >= 11 is 3.47. The van der Waals surface area contributed by atoms with E-state index in [1.54, 1.807) is 0 Å². The van der Waals surface area contributed by atoms with Gasteiger partial charge in [0.1, 0.15) is 0 Å². The molecule has 3 nitrogen and oxygen atoms in total. The highest BCUT2D eigenvalue weighted by molar-refractivity contribution is 9.10. The summed E-state index contributed by atoms with van der Waals surface area (Å²) < 4.78 is 1.04. The molecule has 3 rings (SSSR count). The van der Waals surface area contributed by atoms with Crippen LogP contribution in [0.25, 0.3) is 10.9 Å². The first-order valence-electron chi connectivity index (χ1n) is 5.28. The number of anilines is 2. The lowest BCUT2D eigenvalue weighted by atomic mass is 10.2. The maximum Gasteiger partial charge on any atom is 0.160 e. The third kappa shape index (κ3) is 2.03. The molecule has 1 aromatic heterocycles. The Labute approximate surface area is 107 Å². The van der Waals surface area contributed by atoms with Crippen LogP contribution in [0.3, 0.4) is 0 Å². The van der Waals surface area contributed by atoms with E-state index in [2.05, 4.69) is 31.4 Å². The van der Waals surface area contributed by atoms with Gasteiger partial charge >= 0.3 is 0 Å². The number of nitrogens with one attached hydrogen (secondary N) is 2. The molecule has 0 aliphatic rings. The van der Waals surface area contributed by atoms with Crippen molar-refractivity contribution in [2.45, 2.75) is 0 Å². The van der Waals surface area contributed by atoms with Crippen LogP contribution >= 0.6 is 15.9 Å². The fourth-order valence-corrected chi connectivity index (χ4v) is 2.10. The number of H-pyrrole nitrogens is 1. The maximum absolute atomic E-state index is 4.27. The van der Waals surface area contributed by atoms with Crippen LogP contribution in [0.15, 0.2) is 53.0 Å². The fourth-order valence-electron chi connectivity index (χ4n) is 1.74. The third-order valence-electron chi connectivity index (χ3n) is 2.56. The standard InChI is InChI=1S/C13H10BrN3/c14-9-6-7-12-11(8-9)13(17-16-12)15-10-4-2-1-3-5-10/h1-8H,(H2,15,16,17). The van der Waals surface area contributed by atoms with E-state index in [9.17, 15) is 0 Å². The van der Waals surface area contributed by atoms with E-state index in [0.717, 1.165) is 26.9 Å². The molecule has 0 fully saturated rings. The Morgan fingerprint density at radius 3 is 2.71 bits per heavy atom. The SMILES string of the molecule is Brc1ccc2[nH]nc(Nc3ccccc3)c2c1. The quantitative estimate of drug-likeness (QED) is 0.746. The van der Waals surface area contributed by atoms with Gasteiger partial charge in [-0.15, -0.1) is 0 Å². The summed E-state index contributed by atoms with van der Waals surface area (Å²) in [5, 5.41) is 11.6. The Balaban J connectivity index is 2.03. The summed E-state index contributed by atoms with van der Waals surface area (Å²) in [4.78, 5) is 0. The molecule has 0 saturated carbocycles. The smallest absolute Gasteiger partial charge is 0.160 e. The average molecular weight is 288 g/mol. The van der Waals surface area contributed by atoms with Crippen LogP contribution < -0.4 is 5.32 Å². The highest BCUT2D eigenvalue weighted by Gasteiger charge is 2.05. The minimum atomic E-state index is 0.840.